The maximum Gasteiger partial charge on any atom is 0.164 e. The van der Waals surface area contributed by atoms with Gasteiger partial charge in [0.15, 0.2) is 11.5 Å². The van der Waals surface area contributed by atoms with E-state index in [0.717, 1.165) is 16.9 Å². The molecule has 0 aliphatic carbocycles. The van der Waals surface area contributed by atoms with Crippen LogP contribution < -0.4 is 18.9 Å². The Labute approximate surface area is 175 Å². The largest absolute Gasteiger partial charge is 0.507 e. The molecule has 0 spiro atoms. The van der Waals surface area contributed by atoms with Gasteiger partial charge in [-0.2, -0.15) is 0 Å². The van der Waals surface area contributed by atoms with Crippen molar-refractivity contribution in [2.45, 2.75) is 0 Å². The van der Waals surface area contributed by atoms with Crippen LogP contribution in [0, 0.1) is 0 Å². The van der Waals surface area contributed by atoms with Gasteiger partial charge >= 0.3 is 0 Å². The molecule has 0 amide bonds. The molecule has 0 fully saturated rings. The van der Waals surface area contributed by atoms with Gasteiger partial charge in [0.1, 0.15) is 23.0 Å². The zero-order valence-electron chi connectivity index (χ0n) is 17.3. The van der Waals surface area contributed by atoms with E-state index in [0.29, 0.717) is 22.6 Å². The van der Waals surface area contributed by atoms with Crippen LogP contribution in [0.4, 0.5) is 0 Å². The van der Waals surface area contributed by atoms with Crippen molar-refractivity contribution < 1.29 is 29.2 Å². The molecular formula is C24H24O6. The first-order valence-electron chi connectivity index (χ1n) is 9.19. The minimum absolute atomic E-state index is 0.0489. The van der Waals surface area contributed by atoms with E-state index in [1.165, 1.54) is 26.4 Å². The molecule has 0 heterocycles. The van der Waals surface area contributed by atoms with Gasteiger partial charge in [-0.1, -0.05) is 24.3 Å². The highest BCUT2D eigenvalue weighted by Gasteiger charge is 2.19. The van der Waals surface area contributed by atoms with Crippen LogP contribution in [0.5, 0.6) is 34.5 Å². The van der Waals surface area contributed by atoms with Crippen molar-refractivity contribution in [1.82, 2.24) is 0 Å². The second kappa shape index (κ2) is 9.13. The Hall–Kier alpha value is -3.80. The number of hydrogen-bond acceptors (Lipinski definition) is 6. The molecule has 30 heavy (non-hydrogen) atoms. The zero-order chi connectivity index (χ0) is 21.7. The van der Waals surface area contributed by atoms with Crippen molar-refractivity contribution in [3.05, 3.63) is 59.7 Å². The molecule has 3 rings (SSSR count). The lowest BCUT2D eigenvalue weighted by Gasteiger charge is -2.16. The van der Waals surface area contributed by atoms with E-state index < -0.39 is 0 Å². The molecule has 0 aromatic heterocycles. The molecule has 3 aromatic rings. The lowest BCUT2D eigenvalue weighted by Crippen LogP contribution is -1.95. The van der Waals surface area contributed by atoms with Crippen molar-refractivity contribution in [1.29, 1.82) is 0 Å². The molecule has 0 aliphatic rings. The van der Waals surface area contributed by atoms with Crippen LogP contribution in [-0.4, -0.2) is 38.7 Å². The summed E-state index contributed by atoms with van der Waals surface area (Å²) in [6, 6.07) is 14.0. The highest BCUT2D eigenvalue weighted by molar-refractivity contribution is 5.88. The maximum atomic E-state index is 10.6. The van der Waals surface area contributed by atoms with E-state index >= 15 is 0 Å². The first-order valence-corrected chi connectivity index (χ1v) is 9.19. The summed E-state index contributed by atoms with van der Waals surface area (Å²) in [4.78, 5) is 0. The molecule has 6 nitrogen and oxygen atoms in total. The standard InChI is InChI=1S/C24H24O6/c1-27-17-9-6-15(7-10-17)5-8-16-11-18(28-2)12-23(30-4)24(16)19-13-21(26)22(29-3)14-20(19)25/h5-14,25-26H,1-4H3/b8-5+. The molecule has 0 unspecified atom stereocenters. The van der Waals surface area contributed by atoms with Gasteiger partial charge in [-0.25, -0.2) is 0 Å². The summed E-state index contributed by atoms with van der Waals surface area (Å²) >= 11 is 0. The highest BCUT2D eigenvalue weighted by Crippen LogP contribution is 2.45. The predicted molar refractivity (Wildman–Crippen MR) is 117 cm³/mol. The second-order valence-corrected chi connectivity index (χ2v) is 6.44. The van der Waals surface area contributed by atoms with Gasteiger partial charge in [0.05, 0.1) is 28.4 Å². The molecule has 0 saturated carbocycles. The third kappa shape index (κ3) is 4.27. The normalized spacial score (nSPS) is 10.8. The molecular weight excluding hydrogens is 384 g/mol. The molecule has 0 atom stereocenters. The Balaban J connectivity index is 2.16. The number of aromatic hydroxyl groups is 2. The Morgan fingerprint density at radius 1 is 0.633 bits per heavy atom. The fourth-order valence-electron chi connectivity index (χ4n) is 3.13. The van der Waals surface area contributed by atoms with Crippen LogP contribution in [-0.2, 0) is 0 Å². The van der Waals surface area contributed by atoms with Crippen LogP contribution in [0.15, 0.2) is 48.5 Å². The molecule has 0 saturated heterocycles. The Morgan fingerprint density at radius 3 is 1.90 bits per heavy atom. The third-order valence-corrected chi connectivity index (χ3v) is 4.70. The van der Waals surface area contributed by atoms with Gasteiger partial charge in [0, 0.05) is 23.3 Å². The van der Waals surface area contributed by atoms with Gasteiger partial charge in [-0.15, -0.1) is 0 Å². The molecule has 3 aromatic carbocycles. The summed E-state index contributed by atoms with van der Waals surface area (Å²) in [6.45, 7) is 0. The smallest absolute Gasteiger partial charge is 0.164 e. The van der Waals surface area contributed by atoms with E-state index in [-0.39, 0.29) is 17.2 Å². The number of methoxy groups -OCH3 is 4. The average Bonchev–Trinajstić information content (AvgIpc) is 2.78. The molecule has 0 bridgehead atoms. The van der Waals surface area contributed by atoms with Crippen molar-refractivity contribution in [3.63, 3.8) is 0 Å². The first-order chi connectivity index (χ1) is 14.5. The molecule has 0 aliphatic heterocycles. The monoisotopic (exact) mass is 408 g/mol. The lowest BCUT2D eigenvalue weighted by molar-refractivity contribution is 0.368. The van der Waals surface area contributed by atoms with Gasteiger partial charge in [-0.05, 0) is 35.4 Å². The lowest BCUT2D eigenvalue weighted by atomic mass is 9.96. The minimum atomic E-state index is -0.0896. The van der Waals surface area contributed by atoms with Gasteiger partial charge in [0.25, 0.3) is 0 Å². The average molecular weight is 408 g/mol. The van der Waals surface area contributed by atoms with E-state index in [9.17, 15) is 10.2 Å². The number of phenols is 2. The van der Waals surface area contributed by atoms with Crippen LogP contribution in [0.1, 0.15) is 11.1 Å². The van der Waals surface area contributed by atoms with E-state index in [2.05, 4.69) is 0 Å². The number of rotatable bonds is 7. The van der Waals surface area contributed by atoms with Crippen molar-refractivity contribution in [3.8, 4) is 45.6 Å². The molecule has 6 heteroatoms. The van der Waals surface area contributed by atoms with E-state index in [1.807, 2.05) is 42.5 Å². The number of ether oxygens (including phenoxy) is 4. The SMILES string of the molecule is COc1ccc(/C=C/c2cc(OC)cc(OC)c2-c2cc(O)c(OC)cc2O)cc1. The molecule has 156 valence electrons. The fraction of sp³-hybridized carbons (Fsp3) is 0.167. The minimum Gasteiger partial charge on any atom is -0.507 e. The van der Waals surface area contributed by atoms with E-state index in [4.69, 9.17) is 18.9 Å². The third-order valence-electron chi connectivity index (χ3n) is 4.70. The van der Waals surface area contributed by atoms with Crippen LogP contribution in [0.3, 0.4) is 0 Å². The summed E-state index contributed by atoms with van der Waals surface area (Å²) in [5.41, 5.74) is 2.72. The molecule has 0 radical (unpaired) electrons. The molecule has 2 N–H and O–H groups in total. The number of hydrogen-bond donors (Lipinski definition) is 2. The van der Waals surface area contributed by atoms with Crippen molar-refractivity contribution in [2.24, 2.45) is 0 Å². The summed E-state index contributed by atoms with van der Waals surface area (Å²) < 4.78 is 21.2. The Kier molecular flexibility index (Phi) is 6.37. The summed E-state index contributed by atoms with van der Waals surface area (Å²) in [5.74, 6) is 1.90. The number of phenolic OH excluding ortho intramolecular Hbond substituents is 2. The van der Waals surface area contributed by atoms with E-state index in [1.54, 1.807) is 20.3 Å². The first kappa shape index (κ1) is 20.9. The highest BCUT2D eigenvalue weighted by atomic mass is 16.5. The Bertz CT molecular complexity index is 1050. The number of benzene rings is 3. The Morgan fingerprint density at radius 2 is 1.30 bits per heavy atom. The summed E-state index contributed by atoms with van der Waals surface area (Å²) in [7, 11) is 6.15. The maximum absolute atomic E-state index is 10.6. The second-order valence-electron chi connectivity index (χ2n) is 6.44. The van der Waals surface area contributed by atoms with Crippen LogP contribution >= 0.6 is 0 Å². The quantitative estimate of drug-likeness (QED) is 0.425. The van der Waals surface area contributed by atoms with Crippen LogP contribution in [0.2, 0.25) is 0 Å². The predicted octanol–water partition coefficient (Wildman–Crippen LogP) is 4.97. The topological polar surface area (TPSA) is 77.4 Å². The van der Waals surface area contributed by atoms with Gasteiger partial charge in [-0.3, -0.25) is 0 Å². The fourth-order valence-corrected chi connectivity index (χ4v) is 3.13. The van der Waals surface area contributed by atoms with Gasteiger partial charge in [0.2, 0.25) is 0 Å². The van der Waals surface area contributed by atoms with Gasteiger partial charge < -0.3 is 29.2 Å². The summed E-state index contributed by atoms with van der Waals surface area (Å²) in [5, 5.41) is 20.9. The van der Waals surface area contributed by atoms with Crippen molar-refractivity contribution in [2.75, 3.05) is 28.4 Å². The zero-order valence-corrected chi connectivity index (χ0v) is 17.3. The van der Waals surface area contributed by atoms with Crippen molar-refractivity contribution >= 4 is 12.2 Å². The van der Waals surface area contributed by atoms with Crippen LogP contribution in [0.25, 0.3) is 23.3 Å². The summed E-state index contributed by atoms with van der Waals surface area (Å²) in [6.07, 6.45) is 3.82.